The summed E-state index contributed by atoms with van der Waals surface area (Å²) < 4.78 is 36.4. The number of halogens is 4. The number of alkyl halides is 3. The highest BCUT2D eigenvalue weighted by molar-refractivity contribution is 6.33. The molecule has 0 amide bonds. The first-order valence-corrected chi connectivity index (χ1v) is 4.51. The second-order valence-electron chi connectivity index (χ2n) is 3.15. The molecule has 0 saturated heterocycles. The van der Waals surface area contributed by atoms with Crippen molar-refractivity contribution in [1.82, 2.24) is 0 Å². The molecule has 0 spiro atoms. The summed E-state index contributed by atoms with van der Waals surface area (Å²) in [4.78, 5) is 0.984. The molecule has 15 heavy (non-hydrogen) atoms. The first kappa shape index (κ1) is 12.0. The van der Waals surface area contributed by atoms with Crippen LogP contribution in [-0.2, 0) is 0 Å². The number of benzene rings is 1. The van der Waals surface area contributed by atoms with Gasteiger partial charge in [-0.25, -0.2) is 0 Å². The predicted molar refractivity (Wildman–Crippen MR) is 55.2 cm³/mol. The molecular weight excluding hydrogens is 229 g/mol. The Balaban J connectivity index is 2.96. The Hall–Kier alpha value is -1.10. The maximum absolute atomic E-state index is 12.1. The molecule has 0 aliphatic rings. The standard InChI is InChI=1S/C9H10ClF3N2/c1-15(5-9(11,12)13)8-6(10)3-2-4-7(8)14/h2-4H,5,14H2,1H3. The number of hydrogen-bond donors (Lipinski definition) is 1. The first-order valence-electron chi connectivity index (χ1n) is 4.13. The summed E-state index contributed by atoms with van der Waals surface area (Å²) in [6.45, 7) is -1.08. The van der Waals surface area contributed by atoms with Crippen LogP contribution in [0.4, 0.5) is 24.5 Å². The van der Waals surface area contributed by atoms with Crippen LogP contribution in [0.5, 0.6) is 0 Å². The maximum atomic E-state index is 12.1. The third-order valence-corrected chi connectivity index (χ3v) is 2.12. The summed E-state index contributed by atoms with van der Waals surface area (Å²) in [6.07, 6.45) is -4.28. The Bertz CT molecular complexity index is 331. The van der Waals surface area contributed by atoms with Crippen LogP contribution in [0, 0.1) is 0 Å². The topological polar surface area (TPSA) is 29.3 Å². The van der Waals surface area contributed by atoms with Gasteiger partial charge in [0.25, 0.3) is 0 Å². The number of para-hydroxylation sites is 1. The number of nitrogens with zero attached hydrogens (tertiary/aromatic N) is 1. The Morgan fingerprint density at radius 1 is 1.40 bits per heavy atom. The molecule has 0 saturated carbocycles. The van der Waals surface area contributed by atoms with E-state index < -0.39 is 12.7 Å². The van der Waals surface area contributed by atoms with Crippen LogP contribution in [0.2, 0.25) is 5.02 Å². The van der Waals surface area contributed by atoms with E-state index in [1.54, 1.807) is 6.07 Å². The largest absolute Gasteiger partial charge is 0.405 e. The molecule has 0 aromatic heterocycles. The van der Waals surface area contributed by atoms with E-state index in [2.05, 4.69) is 0 Å². The van der Waals surface area contributed by atoms with E-state index in [0.29, 0.717) is 0 Å². The summed E-state index contributed by atoms with van der Waals surface area (Å²) in [5.41, 5.74) is 5.98. The Morgan fingerprint density at radius 3 is 2.47 bits per heavy atom. The van der Waals surface area contributed by atoms with Gasteiger partial charge in [0.15, 0.2) is 0 Å². The molecule has 1 rings (SSSR count). The highest BCUT2D eigenvalue weighted by Gasteiger charge is 2.30. The third kappa shape index (κ3) is 3.20. The van der Waals surface area contributed by atoms with Gasteiger partial charge in [-0.3, -0.25) is 0 Å². The van der Waals surface area contributed by atoms with Gasteiger partial charge in [-0.1, -0.05) is 17.7 Å². The quantitative estimate of drug-likeness (QED) is 0.803. The van der Waals surface area contributed by atoms with E-state index in [4.69, 9.17) is 17.3 Å². The Kier molecular flexibility index (Phi) is 3.34. The first-order chi connectivity index (χ1) is 6.81. The number of hydrogen-bond acceptors (Lipinski definition) is 2. The second-order valence-corrected chi connectivity index (χ2v) is 3.56. The van der Waals surface area contributed by atoms with Gasteiger partial charge >= 0.3 is 6.18 Å². The molecule has 84 valence electrons. The van der Waals surface area contributed by atoms with Gasteiger partial charge in [-0.2, -0.15) is 13.2 Å². The SMILES string of the molecule is CN(CC(F)(F)F)c1c(N)cccc1Cl. The van der Waals surface area contributed by atoms with Crippen LogP contribution in [0.3, 0.4) is 0 Å². The molecule has 1 aromatic rings. The zero-order chi connectivity index (χ0) is 11.6. The average molecular weight is 239 g/mol. The number of nitrogens with two attached hydrogens (primary N) is 1. The van der Waals surface area contributed by atoms with E-state index in [1.807, 2.05) is 0 Å². The van der Waals surface area contributed by atoms with Gasteiger partial charge < -0.3 is 10.6 Å². The maximum Gasteiger partial charge on any atom is 0.405 e. The van der Waals surface area contributed by atoms with E-state index in [0.717, 1.165) is 4.90 Å². The minimum absolute atomic E-state index is 0.205. The molecule has 2 nitrogen and oxygen atoms in total. The number of nitrogen functional groups attached to an aromatic ring is 1. The Morgan fingerprint density at radius 2 is 2.00 bits per heavy atom. The average Bonchev–Trinajstić information content (AvgIpc) is 1.99. The molecule has 0 aliphatic carbocycles. The van der Waals surface area contributed by atoms with Crippen molar-refractivity contribution in [2.24, 2.45) is 0 Å². The van der Waals surface area contributed by atoms with E-state index in [1.165, 1.54) is 19.2 Å². The molecule has 0 heterocycles. The molecule has 0 radical (unpaired) electrons. The highest BCUT2D eigenvalue weighted by atomic mass is 35.5. The van der Waals surface area contributed by atoms with Crippen molar-refractivity contribution < 1.29 is 13.2 Å². The molecule has 6 heteroatoms. The van der Waals surface area contributed by atoms with Crippen LogP contribution < -0.4 is 10.6 Å². The van der Waals surface area contributed by atoms with Gasteiger partial charge in [0, 0.05) is 7.05 Å². The molecular formula is C9H10ClF3N2. The van der Waals surface area contributed by atoms with E-state index in [-0.39, 0.29) is 16.4 Å². The number of anilines is 2. The van der Waals surface area contributed by atoms with Gasteiger partial charge in [-0.05, 0) is 12.1 Å². The van der Waals surface area contributed by atoms with Gasteiger partial charge in [0.05, 0.1) is 16.4 Å². The zero-order valence-corrected chi connectivity index (χ0v) is 8.73. The lowest BCUT2D eigenvalue weighted by Gasteiger charge is -2.23. The number of rotatable bonds is 2. The molecule has 2 N–H and O–H groups in total. The summed E-state index contributed by atoms with van der Waals surface area (Å²) >= 11 is 5.76. The fraction of sp³-hybridized carbons (Fsp3) is 0.333. The smallest absolute Gasteiger partial charge is 0.397 e. The Labute approximate surface area is 90.4 Å². The van der Waals surface area contributed by atoms with Gasteiger partial charge in [0.1, 0.15) is 6.54 Å². The summed E-state index contributed by atoms with van der Waals surface area (Å²) in [7, 11) is 1.30. The van der Waals surface area contributed by atoms with Crippen LogP contribution in [-0.4, -0.2) is 19.8 Å². The van der Waals surface area contributed by atoms with Crippen molar-refractivity contribution in [1.29, 1.82) is 0 Å². The van der Waals surface area contributed by atoms with Crippen molar-refractivity contribution in [3.63, 3.8) is 0 Å². The summed E-state index contributed by atoms with van der Waals surface area (Å²) in [6, 6.07) is 4.59. The molecule has 0 aliphatic heterocycles. The summed E-state index contributed by atoms with van der Waals surface area (Å²) in [5, 5.41) is 0.210. The molecule has 1 aromatic carbocycles. The van der Waals surface area contributed by atoms with Crippen molar-refractivity contribution >= 4 is 23.0 Å². The van der Waals surface area contributed by atoms with Crippen LogP contribution in [0.1, 0.15) is 0 Å². The van der Waals surface area contributed by atoms with Crippen molar-refractivity contribution in [3.05, 3.63) is 23.2 Å². The minimum Gasteiger partial charge on any atom is -0.397 e. The third-order valence-electron chi connectivity index (χ3n) is 1.82. The van der Waals surface area contributed by atoms with Gasteiger partial charge in [0.2, 0.25) is 0 Å². The molecule has 0 bridgehead atoms. The van der Waals surface area contributed by atoms with Crippen LogP contribution in [0.25, 0.3) is 0 Å². The lowest BCUT2D eigenvalue weighted by atomic mass is 10.2. The fourth-order valence-corrected chi connectivity index (χ4v) is 1.61. The lowest BCUT2D eigenvalue weighted by molar-refractivity contribution is -0.119. The summed E-state index contributed by atoms with van der Waals surface area (Å²) in [5.74, 6) is 0. The van der Waals surface area contributed by atoms with E-state index in [9.17, 15) is 13.2 Å². The second kappa shape index (κ2) is 4.18. The predicted octanol–water partition coefficient (Wildman–Crippen LogP) is 2.92. The molecule has 0 atom stereocenters. The zero-order valence-electron chi connectivity index (χ0n) is 7.98. The normalized spacial score (nSPS) is 11.5. The lowest BCUT2D eigenvalue weighted by Crippen LogP contribution is -2.31. The molecule has 0 fully saturated rings. The fourth-order valence-electron chi connectivity index (χ4n) is 1.28. The molecule has 0 unspecified atom stereocenters. The van der Waals surface area contributed by atoms with Crippen molar-refractivity contribution in [3.8, 4) is 0 Å². The van der Waals surface area contributed by atoms with Crippen LogP contribution >= 0.6 is 11.6 Å². The minimum atomic E-state index is -4.28. The monoisotopic (exact) mass is 238 g/mol. The van der Waals surface area contributed by atoms with E-state index >= 15 is 0 Å². The highest BCUT2D eigenvalue weighted by Crippen LogP contribution is 2.32. The van der Waals surface area contributed by atoms with Crippen molar-refractivity contribution in [2.75, 3.05) is 24.2 Å². The van der Waals surface area contributed by atoms with Crippen LogP contribution in [0.15, 0.2) is 18.2 Å². The van der Waals surface area contributed by atoms with Gasteiger partial charge in [-0.15, -0.1) is 0 Å². The van der Waals surface area contributed by atoms with Crippen molar-refractivity contribution in [2.45, 2.75) is 6.18 Å².